The van der Waals surface area contributed by atoms with Crippen molar-refractivity contribution < 1.29 is 12.6 Å². The minimum absolute atomic E-state index is 0.143. The Labute approximate surface area is 189 Å². The smallest absolute Gasteiger partial charge is 0.262 e. The summed E-state index contributed by atoms with van der Waals surface area (Å²) in [5.41, 5.74) is 4.32. The quantitative estimate of drug-likeness (QED) is 0.313. The van der Waals surface area contributed by atoms with E-state index in [1.54, 1.807) is 12.1 Å². The van der Waals surface area contributed by atoms with Crippen molar-refractivity contribution in [2.24, 2.45) is 0 Å². The highest BCUT2D eigenvalue weighted by Crippen LogP contribution is 2.49. The van der Waals surface area contributed by atoms with E-state index in [0.717, 1.165) is 35.7 Å². The molecule has 0 amide bonds. The van der Waals surface area contributed by atoms with Crippen LogP contribution in [0.2, 0.25) is 0 Å². The summed E-state index contributed by atoms with van der Waals surface area (Å²) < 4.78 is 34.0. The summed E-state index contributed by atoms with van der Waals surface area (Å²) in [6.45, 7) is 1.81. The van der Waals surface area contributed by atoms with Crippen molar-refractivity contribution in [2.45, 2.75) is 23.8 Å². The van der Waals surface area contributed by atoms with Crippen molar-refractivity contribution in [1.29, 1.82) is 0 Å². The molecule has 0 heterocycles. The lowest BCUT2D eigenvalue weighted by Crippen LogP contribution is -2.22. The van der Waals surface area contributed by atoms with Gasteiger partial charge in [0.25, 0.3) is 10.1 Å². The molecule has 0 fully saturated rings. The summed E-state index contributed by atoms with van der Waals surface area (Å²) in [4.78, 5) is 0.143. The molecule has 0 saturated carbocycles. The molecule has 3 nitrogen and oxygen atoms in total. The highest BCUT2D eigenvalue weighted by Gasteiger charge is 2.36. The van der Waals surface area contributed by atoms with Crippen LogP contribution >= 0.6 is 47.8 Å². The molecule has 0 unspecified atom stereocenters. The molecule has 1 aliphatic rings. The zero-order valence-electron chi connectivity index (χ0n) is 14.7. The molecule has 0 N–H and O–H groups in total. The van der Waals surface area contributed by atoms with Crippen LogP contribution in [-0.2, 0) is 14.3 Å². The molecule has 4 rings (SSSR count). The lowest BCUT2D eigenvalue weighted by atomic mass is 9.92. The van der Waals surface area contributed by atoms with E-state index in [1.165, 1.54) is 12.1 Å². The maximum absolute atomic E-state index is 12.8. The molecule has 3 aromatic rings. The van der Waals surface area contributed by atoms with Gasteiger partial charge >= 0.3 is 0 Å². The van der Waals surface area contributed by atoms with Gasteiger partial charge in [-0.1, -0.05) is 59.9 Å². The van der Waals surface area contributed by atoms with Crippen molar-refractivity contribution >= 4 is 57.9 Å². The monoisotopic (exact) mass is 584 g/mol. The Morgan fingerprint density at radius 1 is 0.786 bits per heavy atom. The van der Waals surface area contributed by atoms with Crippen molar-refractivity contribution in [3.05, 3.63) is 85.2 Å². The van der Waals surface area contributed by atoms with E-state index in [-0.39, 0.29) is 10.8 Å². The Balaban J connectivity index is 1.75. The van der Waals surface area contributed by atoms with E-state index in [1.807, 2.05) is 31.2 Å². The number of rotatable bonds is 4. The van der Waals surface area contributed by atoms with Gasteiger partial charge in [0.1, 0.15) is 0 Å². The molecule has 144 valence electrons. The van der Waals surface area contributed by atoms with Gasteiger partial charge in [-0.2, -0.15) is 8.42 Å². The normalized spacial score (nSPS) is 14.6. The van der Waals surface area contributed by atoms with Crippen LogP contribution in [0.15, 0.2) is 79.0 Å². The van der Waals surface area contributed by atoms with Crippen LogP contribution in [0, 0.1) is 0 Å². The molecule has 0 radical (unpaired) electrons. The van der Waals surface area contributed by atoms with Gasteiger partial charge < -0.3 is 0 Å². The Hall–Kier alpha value is -0.990. The molecule has 7 heteroatoms. The lowest BCUT2D eigenvalue weighted by molar-refractivity contribution is 0.212. The van der Waals surface area contributed by atoms with Crippen molar-refractivity contribution in [2.75, 3.05) is 0 Å². The third kappa shape index (κ3) is 3.75. The van der Waals surface area contributed by atoms with E-state index in [4.69, 9.17) is 4.18 Å². The lowest BCUT2D eigenvalue weighted by Gasteiger charge is -2.22. The summed E-state index contributed by atoms with van der Waals surface area (Å²) in [6, 6.07) is 18.6. The van der Waals surface area contributed by atoms with E-state index in [9.17, 15) is 8.42 Å². The summed E-state index contributed by atoms with van der Waals surface area (Å²) in [7, 11) is -3.88. The second-order valence-corrected chi connectivity index (χ2v) is 11.0. The fraction of sp³-hybridized carbons (Fsp3) is 0.143. The van der Waals surface area contributed by atoms with E-state index < -0.39 is 16.2 Å². The first-order valence-corrected chi connectivity index (χ1v) is 12.3. The van der Waals surface area contributed by atoms with Crippen molar-refractivity contribution in [3.8, 4) is 11.1 Å². The third-order valence-corrected chi connectivity index (χ3v) is 7.76. The number of halogens is 3. The molecule has 0 spiro atoms. The van der Waals surface area contributed by atoms with Crippen molar-refractivity contribution in [1.82, 2.24) is 0 Å². The zero-order chi connectivity index (χ0) is 20.1. The van der Waals surface area contributed by atoms with Crippen molar-refractivity contribution in [3.63, 3.8) is 0 Å². The first kappa shape index (κ1) is 20.3. The Morgan fingerprint density at radius 3 is 1.75 bits per heavy atom. The van der Waals surface area contributed by atoms with Crippen LogP contribution in [0.4, 0.5) is 0 Å². The van der Waals surface area contributed by atoms with Gasteiger partial charge in [0.2, 0.25) is 0 Å². The Morgan fingerprint density at radius 2 is 1.25 bits per heavy atom. The average molecular weight is 587 g/mol. The summed E-state index contributed by atoms with van der Waals surface area (Å²) >= 11 is 10.4. The standard InChI is InChI=1S/C21H15Br3O3S/c1-12(27-28(25,26)16-6-2-13(22)3-7-16)21-19-10-14(23)4-8-17(19)18-9-5-15(24)11-20(18)21/h2-12,21H,1H3/t12-/m1/s1. The SMILES string of the molecule is C[C@@H](OS(=O)(=O)c1ccc(Br)cc1)C1c2cc(Br)ccc2-c2ccc(Br)cc21. The van der Waals surface area contributed by atoms with Crippen LogP contribution in [-0.4, -0.2) is 14.5 Å². The highest BCUT2D eigenvalue weighted by atomic mass is 79.9. The highest BCUT2D eigenvalue weighted by molar-refractivity contribution is 9.11. The van der Waals surface area contributed by atoms with Gasteiger partial charge in [-0.15, -0.1) is 0 Å². The fourth-order valence-electron chi connectivity index (χ4n) is 3.66. The molecule has 0 bridgehead atoms. The summed E-state index contributed by atoms with van der Waals surface area (Å²) in [6.07, 6.45) is -0.572. The molecule has 0 aromatic heterocycles. The predicted octanol–water partition coefficient (Wildman–Crippen LogP) is 6.88. The molecule has 0 saturated heterocycles. The minimum atomic E-state index is -3.88. The topological polar surface area (TPSA) is 43.4 Å². The molecule has 1 atom stereocenters. The zero-order valence-corrected chi connectivity index (χ0v) is 20.3. The number of hydrogen-bond donors (Lipinski definition) is 0. The molecule has 0 aliphatic heterocycles. The van der Waals surface area contributed by atoms with Gasteiger partial charge in [0.05, 0.1) is 11.0 Å². The number of fused-ring (bicyclic) bond motifs is 3. The first-order valence-electron chi connectivity index (χ1n) is 8.54. The van der Waals surface area contributed by atoms with Crippen LogP contribution in [0.3, 0.4) is 0 Å². The Kier molecular flexibility index (Phi) is 5.57. The third-order valence-electron chi connectivity index (χ3n) is 4.84. The second kappa shape index (κ2) is 7.69. The summed E-state index contributed by atoms with van der Waals surface area (Å²) in [5.74, 6) is -0.190. The number of benzene rings is 3. The average Bonchev–Trinajstić information content (AvgIpc) is 2.94. The largest absolute Gasteiger partial charge is 0.297 e. The van der Waals surface area contributed by atoms with Gasteiger partial charge in [-0.05, 0) is 77.7 Å². The van der Waals surface area contributed by atoms with Gasteiger partial charge in [-0.25, -0.2) is 0 Å². The van der Waals surface area contributed by atoms with Crippen LogP contribution < -0.4 is 0 Å². The minimum Gasteiger partial charge on any atom is -0.262 e. The molecule has 1 aliphatic carbocycles. The Bertz CT molecular complexity index is 1110. The fourth-order valence-corrected chi connectivity index (χ4v) is 5.77. The predicted molar refractivity (Wildman–Crippen MR) is 121 cm³/mol. The van der Waals surface area contributed by atoms with Crippen LogP contribution in [0.25, 0.3) is 11.1 Å². The molecule has 3 aromatic carbocycles. The van der Waals surface area contributed by atoms with Gasteiger partial charge in [0, 0.05) is 19.3 Å². The first-order chi connectivity index (χ1) is 13.3. The van der Waals surface area contributed by atoms with Crippen LogP contribution in [0.1, 0.15) is 24.0 Å². The number of hydrogen-bond acceptors (Lipinski definition) is 3. The van der Waals surface area contributed by atoms with Gasteiger partial charge in [0.15, 0.2) is 0 Å². The second-order valence-electron chi connectivity index (χ2n) is 6.65. The van der Waals surface area contributed by atoms with E-state index in [2.05, 4.69) is 59.9 Å². The maximum atomic E-state index is 12.8. The molecular weight excluding hydrogens is 572 g/mol. The van der Waals surface area contributed by atoms with E-state index in [0.29, 0.717) is 0 Å². The van der Waals surface area contributed by atoms with Gasteiger partial charge in [-0.3, -0.25) is 4.18 Å². The maximum Gasteiger partial charge on any atom is 0.297 e. The molecule has 28 heavy (non-hydrogen) atoms. The molecular formula is C21H15Br3O3S. The summed E-state index contributed by atoms with van der Waals surface area (Å²) in [5, 5.41) is 0. The van der Waals surface area contributed by atoms with E-state index >= 15 is 0 Å². The van der Waals surface area contributed by atoms with Crippen LogP contribution in [0.5, 0.6) is 0 Å².